The highest BCUT2D eigenvalue weighted by molar-refractivity contribution is 9.10. The lowest BCUT2D eigenvalue weighted by Gasteiger charge is -2.13. The average molecular weight is 591 g/mol. The minimum atomic E-state index is -0.791. The van der Waals surface area contributed by atoms with Gasteiger partial charge in [0.2, 0.25) is 5.75 Å². The van der Waals surface area contributed by atoms with Gasteiger partial charge in [0.25, 0.3) is 16.8 Å². The maximum atomic E-state index is 13.0. The number of amides is 2. The van der Waals surface area contributed by atoms with Crippen LogP contribution in [0.4, 0.5) is 16.2 Å². The number of halogens is 2. The molecule has 13 heteroatoms. The lowest BCUT2D eigenvalue weighted by Crippen LogP contribution is -2.27. The Hall–Kier alpha value is -3.74. The molecule has 0 bridgehead atoms. The van der Waals surface area contributed by atoms with Gasteiger partial charge in [0.1, 0.15) is 5.75 Å². The zero-order chi connectivity index (χ0) is 26.0. The van der Waals surface area contributed by atoms with Crippen molar-refractivity contribution in [2.24, 2.45) is 0 Å². The van der Waals surface area contributed by atoms with E-state index < -0.39 is 32.4 Å². The third-order valence-electron chi connectivity index (χ3n) is 4.99. The van der Waals surface area contributed by atoms with Gasteiger partial charge >= 0.3 is 5.69 Å². The van der Waals surface area contributed by atoms with Gasteiger partial charge in [-0.3, -0.25) is 34.7 Å². The van der Waals surface area contributed by atoms with Crippen LogP contribution in [-0.2, 0) is 11.3 Å². The second-order valence-corrected chi connectivity index (χ2v) is 9.63. The van der Waals surface area contributed by atoms with Crippen LogP contribution >= 0.6 is 39.3 Å². The van der Waals surface area contributed by atoms with E-state index in [-0.39, 0.29) is 22.9 Å². The van der Waals surface area contributed by atoms with E-state index in [9.17, 15) is 29.8 Å². The second-order valence-electron chi connectivity index (χ2n) is 7.31. The number of hydrogen-bond donors (Lipinski definition) is 0. The van der Waals surface area contributed by atoms with E-state index in [0.29, 0.717) is 20.6 Å². The first-order valence-electron chi connectivity index (χ1n) is 10.0. The summed E-state index contributed by atoms with van der Waals surface area (Å²) < 4.78 is 6.36. The molecule has 182 valence electrons. The molecule has 0 N–H and O–H groups in total. The lowest BCUT2D eigenvalue weighted by molar-refractivity contribution is -0.394. The third kappa shape index (κ3) is 5.40. The van der Waals surface area contributed by atoms with Gasteiger partial charge in [-0.1, -0.05) is 45.7 Å². The van der Waals surface area contributed by atoms with Crippen LogP contribution in [0.1, 0.15) is 11.1 Å². The quantitative estimate of drug-likeness (QED) is 0.164. The van der Waals surface area contributed by atoms with Gasteiger partial charge in [0, 0.05) is 21.1 Å². The lowest BCUT2D eigenvalue weighted by atomic mass is 10.1. The molecule has 1 aliphatic rings. The van der Waals surface area contributed by atoms with Crippen LogP contribution in [0.2, 0.25) is 5.02 Å². The minimum absolute atomic E-state index is 0.00148. The zero-order valence-electron chi connectivity index (χ0n) is 17.9. The Morgan fingerprint density at radius 2 is 1.72 bits per heavy atom. The molecular formula is C23H13BrClN3O7S. The zero-order valence-corrected chi connectivity index (χ0v) is 21.1. The first-order valence-corrected chi connectivity index (χ1v) is 12.0. The van der Waals surface area contributed by atoms with Gasteiger partial charge in [-0.15, -0.1) is 0 Å². The highest BCUT2D eigenvalue weighted by atomic mass is 79.9. The molecule has 1 fully saturated rings. The van der Waals surface area contributed by atoms with Crippen LogP contribution in [0.25, 0.3) is 6.08 Å². The Morgan fingerprint density at radius 1 is 1.00 bits per heavy atom. The molecule has 0 atom stereocenters. The van der Waals surface area contributed by atoms with Gasteiger partial charge in [0.15, 0.2) is 0 Å². The van der Waals surface area contributed by atoms with Crippen molar-refractivity contribution >= 4 is 67.9 Å². The topological polar surface area (TPSA) is 133 Å². The maximum absolute atomic E-state index is 13.0. The number of carbonyl (C=O) groups excluding carboxylic acids is 2. The Labute approximate surface area is 220 Å². The predicted octanol–water partition coefficient (Wildman–Crippen LogP) is 6.95. The maximum Gasteiger partial charge on any atom is 0.318 e. The minimum Gasteiger partial charge on any atom is -0.449 e. The molecule has 36 heavy (non-hydrogen) atoms. The van der Waals surface area contributed by atoms with Gasteiger partial charge in [-0.2, -0.15) is 0 Å². The largest absolute Gasteiger partial charge is 0.449 e. The van der Waals surface area contributed by atoms with E-state index in [1.165, 1.54) is 12.1 Å². The van der Waals surface area contributed by atoms with Crippen LogP contribution in [0.5, 0.6) is 11.5 Å². The Kier molecular flexibility index (Phi) is 7.38. The van der Waals surface area contributed by atoms with E-state index in [2.05, 4.69) is 15.9 Å². The molecule has 1 saturated heterocycles. The summed E-state index contributed by atoms with van der Waals surface area (Å²) in [5, 5.41) is 22.4. The van der Waals surface area contributed by atoms with Crippen molar-refractivity contribution in [1.29, 1.82) is 0 Å². The molecule has 0 aromatic heterocycles. The summed E-state index contributed by atoms with van der Waals surface area (Å²) in [5.74, 6) is -0.625. The molecule has 0 radical (unpaired) electrons. The van der Waals surface area contributed by atoms with Crippen LogP contribution < -0.4 is 4.74 Å². The van der Waals surface area contributed by atoms with E-state index in [1.54, 1.807) is 36.4 Å². The molecule has 0 saturated carbocycles. The molecule has 1 aliphatic heterocycles. The smallest absolute Gasteiger partial charge is 0.318 e. The summed E-state index contributed by atoms with van der Waals surface area (Å²) in [6.45, 7) is -0.00148. The Balaban J connectivity index is 1.66. The molecule has 3 aromatic carbocycles. The average Bonchev–Trinajstić information content (AvgIpc) is 3.09. The summed E-state index contributed by atoms with van der Waals surface area (Å²) >= 11 is 10.2. The summed E-state index contributed by atoms with van der Waals surface area (Å²) in [6.07, 6.45) is 1.44. The fourth-order valence-electron chi connectivity index (χ4n) is 3.27. The molecule has 2 amide bonds. The monoisotopic (exact) mass is 589 g/mol. The molecule has 0 unspecified atom stereocenters. The SMILES string of the molecule is O=C1S/C(=C\c2cc(Br)ccc2Oc2ccc([N+](=O)[O-])cc2[N+](=O)[O-])C(=O)N1Cc1ccccc1Cl. The number of carbonyl (C=O) groups is 2. The van der Waals surface area contributed by atoms with E-state index in [1.807, 2.05) is 0 Å². The molecule has 3 aromatic rings. The van der Waals surface area contributed by atoms with Crippen molar-refractivity contribution in [1.82, 2.24) is 4.90 Å². The number of nitrogens with zero attached hydrogens (tertiary/aromatic N) is 3. The van der Waals surface area contributed by atoms with Gasteiger partial charge in [0.05, 0.1) is 27.4 Å². The number of non-ortho nitro benzene ring substituents is 1. The van der Waals surface area contributed by atoms with Gasteiger partial charge in [-0.05, 0) is 53.7 Å². The first-order chi connectivity index (χ1) is 17.1. The predicted molar refractivity (Wildman–Crippen MR) is 137 cm³/mol. The number of nitro groups is 2. The molecule has 10 nitrogen and oxygen atoms in total. The molecule has 0 spiro atoms. The number of thioether (sulfide) groups is 1. The van der Waals surface area contributed by atoms with Crippen LogP contribution in [0, 0.1) is 20.2 Å². The molecule has 0 aliphatic carbocycles. The fraction of sp³-hybridized carbons (Fsp3) is 0.0435. The van der Waals surface area contributed by atoms with Crippen LogP contribution in [0.3, 0.4) is 0 Å². The highest BCUT2D eigenvalue weighted by Crippen LogP contribution is 2.39. The summed E-state index contributed by atoms with van der Waals surface area (Å²) in [5.41, 5.74) is -0.102. The number of imide groups is 1. The van der Waals surface area contributed by atoms with E-state index in [0.717, 1.165) is 34.9 Å². The molecule has 1 heterocycles. The van der Waals surface area contributed by atoms with E-state index >= 15 is 0 Å². The van der Waals surface area contributed by atoms with Gasteiger partial charge in [-0.25, -0.2) is 0 Å². The van der Waals surface area contributed by atoms with Crippen molar-refractivity contribution < 1.29 is 24.2 Å². The standard InChI is InChI=1S/C23H13BrClN3O7S/c24-15-5-7-19(35-20-8-6-16(27(31)32)11-18(20)28(33)34)14(9-15)10-21-22(29)26(23(30)36-21)12-13-3-1-2-4-17(13)25/h1-11H,12H2/b21-10-. The van der Waals surface area contributed by atoms with Crippen LogP contribution in [0.15, 0.2) is 70.0 Å². The highest BCUT2D eigenvalue weighted by Gasteiger charge is 2.35. The summed E-state index contributed by atoms with van der Waals surface area (Å²) in [4.78, 5) is 47.7. The van der Waals surface area contributed by atoms with E-state index in [4.69, 9.17) is 16.3 Å². The van der Waals surface area contributed by atoms with Crippen molar-refractivity contribution in [2.75, 3.05) is 0 Å². The number of nitro benzene ring substituents is 2. The third-order valence-corrected chi connectivity index (χ3v) is 6.76. The van der Waals surface area contributed by atoms with Crippen molar-refractivity contribution in [3.05, 3.63) is 106 Å². The summed E-state index contributed by atoms with van der Waals surface area (Å²) in [7, 11) is 0. The van der Waals surface area contributed by atoms with Gasteiger partial charge < -0.3 is 4.74 Å². The number of rotatable bonds is 7. The summed E-state index contributed by atoms with van der Waals surface area (Å²) in [6, 6.07) is 14.6. The Bertz CT molecular complexity index is 1460. The molecular weight excluding hydrogens is 578 g/mol. The normalized spacial score (nSPS) is 14.4. The number of benzene rings is 3. The Morgan fingerprint density at radius 3 is 2.42 bits per heavy atom. The van der Waals surface area contributed by atoms with Crippen molar-refractivity contribution in [3.8, 4) is 11.5 Å². The molecule has 4 rings (SSSR count). The van der Waals surface area contributed by atoms with Crippen molar-refractivity contribution in [2.45, 2.75) is 6.54 Å². The second kappa shape index (κ2) is 10.5. The first kappa shape index (κ1) is 25.4. The van der Waals surface area contributed by atoms with Crippen LogP contribution in [-0.4, -0.2) is 25.9 Å². The number of hydrogen-bond acceptors (Lipinski definition) is 8. The fourth-order valence-corrected chi connectivity index (χ4v) is 4.67. The number of ether oxygens (including phenoxy) is 1. The van der Waals surface area contributed by atoms with Crippen molar-refractivity contribution in [3.63, 3.8) is 0 Å².